The number of amides is 1. The van der Waals surface area contributed by atoms with Crippen LogP contribution in [0, 0.1) is 0 Å². The number of carbonyl (C=O) groups is 1. The third-order valence-corrected chi connectivity index (χ3v) is 4.99. The largest absolute Gasteiger partial charge is 0.497 e. The quantitative estimate of drug-likeness (QED) is 0.678. The van der Waals surface area contributed by atoms with Gasteiger partial charge in [0.25, 0.3) is 10.0 Å². The van der Waals surface area contributed by atoms with Crippen LogP contribution in [0.5, 0.6) is 5.75 Å². The monoisotopic (exact) mass is 386 g/mol. The summed E-state index contributed by atoms with van der Waals surface area (Å²) in [5.41, 5.74) is 1.25. The highest BCUT2D eigenvalue weighted by atomic mass is 32.2. The fourth-order valence-corrected chi connectivity index (χ4v) is 3.40. The topological polar surface area (TPSA) is 102 Å². The lowest BCUT2D eigenvalue weighted by molar-refractivity contribution is -0.114. The smallest absolute Gasteiger partial charge is 0.265 e. The number of hydrogen-bond acceptors (Lipinski definition) is 5. The second-order valence-corrected chi connectivity index (χ2v) is 7.34. The van der Waals surface area contributed by atoms with Gasteiger partial charge >= 0.3 is 0 Å². The van der Waals surface area contributed by atoms with E-state index in [1.807, 2.05) is 30.3 Å². The molecule has 3 rings (SSSR count). The molecular formula is C18H18N4O4S. The van der Waals surface area contributed by atoms with E-state index in [2.05, 4.69) is 15.1 Å². The number of hydrogen-bond donors (Lipinski definition) is 2. The molecule has 2 aromatic carbocycles. The summed E-state index contributed by atoms with van der Waals surface area (Å²) in [6.45, 7) is 1.34. The maximum atomic E-state index is 12.8. The third-order valence-electron chi connectivity index (χ3n) is 3.67. The van der Waals surface area contributed by atoms with Crippen LogP contribution < -0.4 is 14.8 Å². The summed E-state index contributed by atoms with van der Waals surface area (Å²) >= 11 is 0. The van der Waals surface area contributed by atoms with E-state index < -0.39 is 10.0 Å². The first kappa shape index (κ1) is 18.5. The highest BCUT2D eigenvalue weighted by Gasteiger charge is 2.19. The van der Waals surface area contributed by atoms with Crippen LogP contribution in [0.25, 0.3) is 5.69 Å². The van der Waals surface area contributed by atoms with Crippen molar-refractivity contribution in [1.29, 1.82) is 0 Å². The molecule has 0 atom stereocenters. The predicted octanol–water partition coefficient (Wildman–Crippen LogP) is 2.64. The second-order valence-electron chi connectivity index (χ2n) is 5.65. The fourth-order valence-electron chi connectivity index (χ4n) is 2.40. The number of benzene rings is 2. The molecular weight excluding hydrogens is 368 g/mol. The number of rotatable bonds is 6. The van der Waals surface area contributed by atoms with Crippen LogP contribution >= 0.6 is 0 Å². The minimum atomic E-state index is -3.92. The van der Waals surface area contributed by atoms with E-state index in [1.54, 1.807) is 12.1 Å². The zero-order valence-corrected chi connectivity index (χ0v) is 15.5. The summed E-state index contributed by atoms with van der Waals surface area (Å²) in [4.78, 5) is 11.4. The van der Waals surface area contributed by atoms with Crippen molar-refractivity contribution < 1.29 is 17.9 Å². The molecule has 0 bridgehead atoms. The zero-order chi connectivity index (χ0) is 19.4. The van der Waals surface area contributed by atoms with Crippen molar-refractivity contribution in [2.45, 2.75) is 11.8 Å². The van der Waals surface area contributed by atoms with Crippen molar-refractivity contribution in [3.05, 3.63) is 60.9 Å². The summed E-state index contributed by atoms with van der Waals surface area (Å²) in [7, 11) is -2.46. The first-order chi connectivity index (χ1) is 12.9. The van der Waals surface area contributed by atoms with Gasteiger partial charge in [0.2, 0.25) is 5.91 Å². The van der Waals surface area contributed by atoms with Gasteiger partial charge in [-0.2, -0.15) is 5.10 Å². The van der Waals surface area contributed by atoms with Crippen LogP contribution in [0.1, 0.15) is 6.92 Å². The first-order valence-electron chi connectivity index (χ1n) is 7.97. The molecule has 0 unspecified atom stereocenters. The summed E-state index contributed by atoms with van der Waals surface area (Å²) < 4.78 is 34.6. The summed E-state index contributed by atoms with van der Waals surface area (Å²) in [6.07, 6.45) is 2.67. The number of aromatic nitrogens is 2. The number of anilines is 2. The van der Waals surface area contributed by atoms with Crippen molar-refractivity contribution in [3.8, 4) is 11.4 Å². The second kappa shape index (κ2) is 7.50. The molecule has 1 heterocycles. The maximum Gasteiger partial charge on any atom is 0.265 e. The SMILES string of the molecule is COc1ccc(NC(C)=O)c(NS(=O)(=O)c2cnn(-c3ccccc3)c2)c1. The molecule has 27 heavy (non-hydrogen) atoms. The number of nitrogens with one attached hydrogen (secondary N) is 2. The molecule has 2 N–H and O–H groups in total. The van der Waals surface area contributed by atoms with Gasteiger partial charge in [0, 0.05) is 13.0 Å². The fraction of sp³-hybridized carbons (Fsp3) is 0.111. The molecule has 3 aromatic rings. The van der Waals surface area contributed by atoms with Crippen LogP contribution in [0.15, 0.2) is 65.8 Å². The van der Waals surface area contributed by atoms with Gasteiger partial charge in [0.05, 0.1) is 36.6 Å². The lowest BCUT2D eigenvalue weighted by Crippen LogP contribution is -2.15. The summed E-state index contributed by atoms with van der Waals surface area (Å²) in [5.74, 6) is 0.124. The molecule has 1 aromatic heterocycles. The zero-order valence-electron chi connectivity index (χ0n) is 14.7. The maximum absolute atomic E-state index is 12.8. The van der Waals surface area contributed by atoms with Gasteiger partial charge < -0.3 is 10.1 Å². The van der Waals surface area contributed by atoms with E-state index in [-0.39, 0.29) is 16.5 Å². The Hall–Kier alpha value is -3.33. The molecule has 0 aliphatic rings. The van der Waals surface area contributed by atoms with E-state index in [9.17, 15) is 13.2 Å². The van der Waals surface area contributed by atoms with Crippen LogP contribution in [-0.2, 0) is 14.8 Å². The Morgan fingerprint density at radius 3 is 2.52 bits per heavy atom. The van der Waals surface area contributed by atoms with E-state index in [4.69, 9.17) is 4.74 Å². The molecule has 0 fully saturated rings. The third kappa shape index (κ3) is 4.26. The van der Waals surface area contributed by atoms with E-state index in [1.165, 1.54) is 37.2 Å². The minimum Gasteiger partial charge on any atom is -0.497 e. The Morgan fingerprint density at radius 2 is 1.85 bits per heavy atom. The number of ether oxygens (including phenoxy) is 1. The lowest BCUT2D eigenvalue weighted by atomic mass is 10.2. The van der Waals surface area contributed by atoms with Crippen molar-refractivity contribution in [1.82, 2.24) is 9.78 Å². The number of nitrogens with zero attached hydrogens (tertiary/aromatic N) is 2. The first-order valence-corrected chi connectivity index (χ1v) is 9.46. The number of methoxy groups -OCH3 is 1. The minimum absolute atomic E-state index is 0.0112. The number of para-hydroxylation sites is 1. The molecule has 1 amide bonds. The average molecular weight is 386 g/mol. The van der Waals surface area contributed by atoms with Gasteiger partial charge in [-0.25, -0.2) is 13.1 Å². The number of sulfonamides is 1. The van der Waals surface area contributed by atoms with E-state index in [0.717, 1.165) is 5.69 Å². The van der Waals surface area contributed by atoms with Crippen molar-refractivity contribution >= 4 is 27.3 Å². The number of carbonyl (C=O) groups excluding carboxylic acids is 1. The van der Waals surface area contributed by atoms with Crippen LogP contribution in [0.4, 0.5) is 11.4 Å². The normalized spacial score (nSPS) is 11.0. The van der Waals surface area contributed by atoms with E-state index >= 15 is 0 Å². The van der Waals surface area contributed by atoms with Crippen LogP contribution in [0.2, 0.25) is 0 Å². The molecule has 0 aliphatic carbocycles. The highest BCUT2D eigenvalue weighted by molar-refractivity contribution is 7.92. The Bertz CT molecular complexity index is 1060. The Morgan fingerprint density at radius 1 is 1.11 bits per heavy atom. The van der Waals surface area contributed by atoms with Gasteiger partial charge in [-0.3, -0.25) is 9.52 Å². The molecule has 0 aliphatic heterocycles. The molecule has 0 radical (unpaired) electrons. The van der Waals surface area contributed by atoms with Gasteiger partial charge in [0.1, 0.15) is 10.6 Å². The Kier molecular flexibility index (Phi) is 5.13. The molecule has 0 saturated carbocycles. The lowest BCUT2D eigenvalue weighted by Gasteiger charge is -2.13. The van der Waals surface area contributed by atoms with Crippen molar-refractivity contribution in [2.75, 3.05) is 17.1 Å². The average Bonchev–Trinajstić information content (AvgIpc) is 3.14. The van der Waals surface area contributed by atoms with Crippen LogP contribution in [-0.4, -0.2) is 31.2 Å². The van der Waals surface area contributed by atoms with Gasteiger partial charge in [-0.05, 0) is 24.3 Å². The molecule has 0 saturated heterocycles. The Balaban J connectivity index is 1.93. The van der Waals surface area contributed by atoms with Crippen LogP contribution in [0.3, 0.4) is 0 Å². The predicted molar refractivity (Wildman–Crippen MR) is 102 cm³/mol. The summed E-state index contributed by atoms with van der Waals surface area (Å²) in [5, 5.41) is 6.69. The molecule has 9 heteroatoms. The summed E-state index contributed by atoms with van der Waals surface area (Å²) in [6, 6.07) is 13.8. The molecule has 8 nitrogen and oxygen atoms in total. The van der Waals surface area contributed by atoms with Crippen molar-refractivity contribution in [2.24, 2.45) is 0 Å². The molecule has 0 spiro atoms. The highest BCUT2D eigenvalue weighted by Crippen LogP contribution is 2.29. The molecule has 140 valence electrons. The van der Waals surface area contributed by atoms with Crippen molar-refractivity contribution in [3.63, 3.8) is 0 Å². The van der Waals surface area contributed by atoms with Gasteiger partial charge in [0.15, 0.2) is 0 Å². The van der Waals surface area contributed by atoms with Gasteiger partial charge in [-0.15, -0.1) is 0 Å². The van der Waals surface area contributed by atoms with Gasteiger partial charge in [-0.1, -0.05) is 18.2 Å². The standard InChI is InChI=1S/C18H18N4O4S/c1-13(23)20-17-9-8-15(26-2)10-18(17)21-27(24,25)16-11-19-22(12-16)14-6-4-3-5-7-14/h3-12,21H,1-2H3,(H,20,23). The Labute approximate surface area is 156 Å². The van der Waals surface area contributed by atoms with E-state index in [0.29, 0.717) is 11.4 Å².